The van der Waals surface area contributed by atoms with Crippen LogP contribution in [0.2, 0.25) is 0 Å². The lowest BCUT2D eigenvalue weighted by Crippen LogP contribution is -2.04. The van der Waals surface area contributed by atoms with Crippen molar-refractivity contribution in [3.05, 3.63) is 53.7 Å². The molecule has 1 atom stereocenters. The van der Waals surface area contributed by atoms with Crippen molar-refractivity contribution in [2.24, 2.45) is 0 Å². The Balaban J connectivity index is 1.96. The Morgan fingerprint density at radius 3 is 2.94 bits per heavy atom. The van der Waals surface area contributed by atoms with E-state index in [0.29, 0.717) is 0 Å². The van der Waals surface area contributed by atoms with Gasteiger partial charge in [-0.05, 0) is 55.0 Å². The molecule has 1 aliphatic rings. The van der Waals surface area contributed by atoms with Crippen LogP contribution in [0.5, 0.6) is 0 Å². The van der Waals surface area contributed by atoms with Gasteiger partial charge in [-0.15, -0.1) is 0 Å². The standard InChI is InChI=1S/C16H17NO/c18-16(12-5-2-1-3-6-12)14-8-9-15-13(11-14)7-4-10-17-15/h4-5,7-11,16,18H,1-3,6H2. The van der Waals surface area contributed by atoms with E-state index in [4.69, 9.17) is 0 Å². The average Bonchev–Trinajstić information content (AvgIpc) is 2.47. The Morgan fingerprint density at radius 2 is 2.11 bits per heavy atom. The SMILES string of the molecule is OC(C1=CCCCC1)c1ccc2ncccc2c1. The highest BCUT2D eigenvalue weighted by atomic mass is 16.3. The minimum atomic E-state index is -0.449. The third kappa shape index (κ3) is 2.16. The molecule has 0 fully saturated rings. The van der Waals surface area contributed by atoms with Crippen LogP contribution in [-0.2, 0) is 0 Å². The maximum absolute atomic E-state index is 10.4. The first-order chi connectivity index (χ1) is 8.84. The van der Waals surface area contributed by atoms with Crippen LogP contribution in [0, 0.1) is 0 Å². The predicted octanol–water partition coefficient (Wildman–Crippen LogP) is 3.77. The molecule has 1 aromatic heterocycles. The Kier molecular flexibility index (Phi) is 3.11. The van der Waals surface area contributed by atoms with Gasteiger partial charge in [0.2, 0.25) is 0 Å². The summed E-state index contributed by atoms with van der Waals surface area (Å²) >= 11 is 0. The molecule has 0 spiro atoms. The quantitative estimate of drug-likeness (QED) is 0.809. The first-order valence-electron chi connectivity index (χ1n) is 6.56. The molecule has 1 unspecified atom stereocenters. The fourth-order valence-corrected chi connectivity index (χ4v) is 2.59. The zero-order chi connectivity index (χ0) is 12.4. The molecule has 2 nitrogen and oxygen atoms in total. The van der Waals surface area contributed by atoms with Crippen LogP contribution >= 0.6 is 0 Å². The van der Waals surface area contributed by atoms with E-state index in [2.05, 4.69) is 11.1 Å². The van der Waals surface area contributed by atoms with Crippen molar-refractivity contribution in [1.29, 1.82) is 0 Å². The van der Waals surface area contributed by atoms with E-state index in [1.165, 1.54) is 18.4 Å². The van der Waals surface area contributed by atoms with Gasteiger partial charge in [-0.25, -0.2) is 0 Å². The lowest BCUT2D eigenvalue weighted by atomic mass is 9.91. The molecule has 1 N–H and O–H groups in total. The van der Waals surface area contributed by atoms with Gasteiger partial charge in [0.15, 0.2) is 0 Å². The molecule has 0 aliphatic heterocycles. The molecule has 1 aliphatic carbocycles. The van der Waals surface area contributed by atoms with Crippen LogP contribution in [-0.4, -0.2) is 10.1 Å². The van der Waals surface area contributed by atoms with Crippen LogP contribution < -0.4 is 0 Å². The molecule has 1 aromatic carbocycles. The summed E-state index contributed by atoms with van der Waals surface area (Å²) in [6.45, 7) is 0. The van der Waals surface area contributed by atoms with Crippen molar-refractivity contribution >= 4 is 10.9 Å². The highest BCUT2D eigenvalue weighted by molar-refractivity contribution is 5.79. The number of hydrogen-bond donors (Lipinski definition) is 1. The zero-order valence-electron chi connectivity index (χ0n) is 10.3. The first-order valence-corrected chi connectivity index (χ1v) is 6.56. The highest BCUT2D eigenvalue weighted by Crippen LogP contribution is 2.30. The van der Waals surface area contributed by atoms with Gasteiger partial charge in [0.1, 0.15) is 6.10 Å². The third-order valence-corrected chi connectivity index (χ3v) is 3.62. The van der Waals surface area contributed by atoms with E-state index in [9.17, 15) is 5.11 Å². The molecular formula is C16H17NO. The summed E-state index contributed by atoms with van der Waals surface area (Å²) in [6.07, 6.45) is 8.10. The fraction of sp³-hybridized carbons (Fsp3) is 0.312. The van der Waals surface area contributed by atoms with E-state index in [1.807, 2.05) is 30.3 Å². The molecule has 2 heteroatoms. The van der Waals surface area contributed by atoms with Crippen LogP contribution in [0.4, 0.5) is 0 Å². The molecule has 0 radical (unpaired) electrons. The summed E-state index contributed by atoms with van der Waals surface area (Å²) in [5, 5.41) is 11.5. The zero-order valence-corrected chi connectivity index (χ0v) is 10.3. The molecule has 92 valence electrons. The molecule has 0 saturated heterocycles. The van der Waals surface area contributed by atoms with Gasteiger partial charge in [0, 0.05) is 11.6 Å². The van der Waals surface area contributed by atoms with Gasteiger partial charge < -0.3 is 5.11 Å². The fourth-order valence-electron chi connectivity index (χ4n) is 2.59. The van der Waals surface area contributed by atoms with Crippen molar-refractivity contribution < 1.29 is 5.11 Å². The van der Waals surface area contributed by atoms with Crippen LogP contribution in [0.3, 0.4) is 0 Å². The van der Waals surface area contributed by atoms with Gasteiger partial charge in [-0.1, -0.05) is 18.2 Å². The Morgan fingerprint density at radius 1 is 1.17 bits per heavy atom. The number of fused-ring (bicyclic) bond motifs is 1. The van der Waals surface area contributed by atoms with Crippen LogP contribution in [0.25, 0.3) is 10.9 Å². The number of nitrogens with zero attached hydrogens (tertiary/aromatic N) is 1. The molecule has 18 heavy (non-hydrogen) atoms. The Hall–Kier alpha value is -1.67. The van der Waals surface area contributed by atoms with E-state index >= 15 is 0 Å². The molecule has 1 heterocycles. The van der Waals surface area contributed by atoms with Crippen molar-refractivity contribution in [2.45, 2.75) is 31.8 Å². The lowest BCUT2D eigenvalue weighted by Gasteiger charge is -2.19. The second-order valence-electron chi connectivity index (χ2n) is 4.88. The van der Waals surface area contributed by atoms with E-state index in [1.54, 1.807) is 6.20 Å². The minimum absolute atomic E-state index is 0.449. The molecule has 0 saturated carbocycles. The van der Waals surface area contributed by atoms with E-state index in [-0.39, 0.29) is 0 Å². The highest BCUT2D eigenvalue weighted by Gasteiger charge is 2.15. The minimum Gasteiger partial charge on any atom is -0.384 e. The maximum atomic E-state index is 10.4. The van der Waals surface area contributed by atoms with Crippen molar-refractivity contribution in [2.75, 3.05) is 0 Å². The van der Waals surface area contributed by atoms with Gasteiger partial charge in [-0.2, -0.15) is 0 Å². The van der Waals surface area contributed by atoms with Gasteiger partial charge in [0.25, 0.3) is 0 Å². The van der Waals surface area contributed by atoms with Crippen molar-refractivity contribution in [3.8, 4) is 0 Å². The van der Waals surface area contributed by atoms with E-state index in [0.717, 1.165) is 29.3 Å². The molecule has 3 rings (SSSR count). The van der Waals surface area contributed by atoms with Gasteiger partial charge in [0.05, 0.1) is 5.52 Å². The average molecular weight is 239 g/mol. The summed E-state index contributed by atoms with van der Waals surface area (Å²) in [5.74, 6) is 0. The molecule has 2 aromatic rings. The molecule has 0 bridgehead atoms. The normalized spacial score (nSPS) is 17.5. The maximum Gasteiger partial charge on any atom is 0.100 e. The Bertz CT molecular complexity index is 588. The summed E-state index contributed by atoms with van der Waals surface area (Å²) in [7, 11) is 0. The predicted molar refractivity (Wildman–Crippen MR) is 73.3 cm³/mol. The molecule has 0 amide bonds. The van der Waals surface area contributed by atoms with Crippen LogP contribution in [0.1, 0.15) is 37.4 Å². The van der Waals surface area contributed by atoms with E-state index < -0.39 is 6.10 Å². The number of allylic oxidation sites excluding steroid dienone is 1. The second kappa shape index (κ2) is 4.91. The van der Waals surface area contributed by atoms with Gasteiger partial charge >= 0.3 is 0 Å². The Labute approximate surface area is 107 Å². The number of benzene rings is 1. The topological polar surface area (TPSA) is 33.1 Å². The number of hydrogen-bond acceptors (Lipinski definition) is 2. The summed E-state index contributed by atoms with van der Waals surface area (Å²) in [5.41, 5.74) is 3.12. The number of aromatic nitrogens is 1. The summed E-state index contributed by atoms with van der Waals surface area (Å²) < 4.78 is 0. The summed E-state index contributed by atoms with van der Waals surface area (Å²) in [6, 6.07) is 9.97. The largest absolute Gasteiger partial charge is 0.384 e. The smallest absolute Gasteiger partial charge is 0.100 e. The first kappa shape index (κ1) is 11.4. The molecular weight excluding hydrogens is 222 g/mol. The lowest BCUT2D eigenvalue weighted by molar-refractivity contribution is 0.208. The van der Waals surface area contributed by atoms with Crippen molar-refractivity contribution in [1.82, 2.24) is 4.98 Å². The summed E-state index contributed by atoms with van der Waals surface area (Å²) in [4.78, 5) is 4.30. The number of aliphatic hydroxyl groups is 1. The number of aliphatic hydroxyl groups excluding tert-OH is 1. The number of rotatable bonds is 2. The third-order valence-electron chi connectivity index (χ3n) is 3.62. The monoisotopic (exact) mass is 239 g/mol. The number of pyridine rings is 1. The van der Waals surface area contributed by atoms with Crippen LogP contribution in [0.15, 0.2) is 48.2 Å². The second-order valence-corrected chi connectivity index (χ2v) is 4.88. The van der Waals surface area contributed by atoms with Gasteiger partial charge in [-0.3, -0.25) is 4.98 Å². The van der Waals surface area contributed by atoms with Crippen molar-refractivity contribution in [3.63, 3.8) is 0 Å².